The van der Waals surface area contributed by atoms with E-state index < -0.39 is 32.5 Å². The molecule has 2 atom stereocenters. The second-order valence-corrected chi connectivity index (χ2v) is 17.9. The molecule has 0 heterocycles. The number of phosphoric acid groups is 1. The van der Waals surface area contributed by atoms with Gasteiger partial charge in [0.05, 0.1) is 27.7 Å². The summed E-state index contributed by atoms with van der Waals surface area (Å²) in [7, 11) is 1.42. The minimum atomic E-state index is -4.40. The molecule has 0 saturated carbocycles. The third kappa shape index (κ3) is 44.7. The first-order valence-corrected chi connectivity index (χ1v) is 24.8. The summed E-state index contributed by atoms with van der Waals surface area (Å²) in [5.41, 5.74) is 0. The summed E-state index contributed by atoms with van der Waals surface area (Å²) < 4.78 is 34.3. The Kier molecular flexibility index (Phi) is 39.6. The molecule has 344 valence electrons. The zero-order chi connectivity index (χ0) is 44.3. The molecule has 0 radical (unpaired) electrons. The van der Waals surface area contributed by atoms with Gasteiger partial charge in [0.15, 0.2) is 6.10 Å². The molecule has 0 aromatic heterocycles. The van der Waals surface area contributed by atoms with E-state index in [1.165, 1.54) is 77.0 Å². The molecular weight excluding hydrogens is 774 g/mol. The zero-order valence-corrected chi connectivity index (χ0v) is 39.6. The highest BCUT2D eigenvalue weighted by Crippen LogP contribution is 2.43. The van der Waals surface area contributed by atoms with Crippen LogP contribution in [0.25, 0.3) is 0 Å². The van der Waals surface area contributed by atoms with Crippen molar-refractivity contribution in [2.45, 2.75) is 174 Å². The van der Waals surface area contributed by atoms with Crippen molar-refractivity contribution in [1.29, 1.82) is 0 Å². The molecule has 0 aliphatic heterocycles. The Morgan fingerprint density at radius 3 is 1.48 bits per heavy atom. The van der Waals surface area contributed by atoms with E-state index in [0.29, 0.717) is 17.4 Å². The molecule has 0 aromatic carbocycles. The average molecular weight is 861 g/mol. The van der Waals surface area contributed by atoms with Crippen LogP contribution in [0.5, 0.6) is 0 Å². The van der Waals surface area contributed by atoms with Gasteiger partial charge in [-0.2, -0.15) is 0 Å². The van der Waals surface area contributed by atoms with Gasteiger partial charge < -0.3 is 18.9 Å². The monoisotopic (exact) mass is 861 g/mol. The first-order valence-electron chi connectivity index (χ1n) is 23.3. The number of carbonyl (C=O) groups excluding carboxylic acids is 2. The number of rotatable bonds is 41. The zero-order valence-electron chi connectivity index (χ0n) is 38.7. The van der Waals surface area contributed by atoms with E-state index in [9.17, 15) is 19.0 Å². The number of quaternary nitrogens is 1. The number of carbonyl (C=O) groups is 2. The molecule has 10 heteroatoms. The number of esters is 2. The van der Waals surface area contributed by atoms with Gasteiger partial charge in [-0.25, -0.2) is 4.57 Å². The van der Waals surface area contributed by atoms with Gasteiger partial charge in [0.1, 0.15) is 19.8 Å². The van der Waals surface area contributed by atoms with Crippen LogP contribution >= 0.6 is 7.82 Å². The highest BCUT2D eigenvalue weighted by atomic mass is 31.2. The van der Waals surface area contributed by atoms with E-state index in [-0.39, 0.29) is 26.1 Å². The molecule has 0 aromatic rings. The molecule has 0 fully saturated rings. The van der Waals surface area contributed by atoms with Crippen LogP contribution in [-0.4, -0.2) is 74.9 Å². The topological polar surface area (TPSA) is 108 Å². The van der Waals surface area contributed by atoms with Crippen LogP contribution in [-0.2, 0) is 32.7 Å². The van der Waals surface area contributed by atoms with E-state index in [0.717, 1.165) is 57.8 Å². The maximum Gasteiger partial charge on any atom is 0.472 e. The predicted molar refractivity (Wildman–Crippen MR) is 252 cm³/mol. The van der Waals surface area contributed by atoms with Crippen molar-refractivity contribution in [1.82, 2.24) is 0 Å². The Balaban J connectivity index is 4.46. The third-order valence-corrected chi connectivity index (χ3v) is 10.4. The Hall–Kier alpha value is -2.81. The molecule has 1 unspecified atom stereocenters. The van der Waals surface area contributed by atoms with Crippen LogP contribution in [0.3, 0.4) is 0 Å². The van der Waals surface area contributed by atoms with Crippen LogP contribution in [0.4, 0.5) is 0 Å². The molecule has 0 amide bonds. The van der Waals surface area contributed by atoms with Gasteiger partial charge in [-0.15, -0.1) is 0 Å². The van der Waals surface area contributed by atoms with Gasteiger partial charge >= 0.3 is 19.8 Å². The number of ether oxygens (including phenoxy) is 2. The number of nitrogens with zero attached hydrogens (tertiary/aromatic N) is 1. The molecule has 0 bridgehead atoms. The molecule has 0 saturated heterocycles. The predicted octanol–water partition coefficient (Wildman–Crippen LogP) is 13.6. The highest BCUT2D eigenvalue weighted by molar-refractivity contribution is 7.47. The lowest BCUT2D eigenvalue weighted by Gasteiger charge is -2.24. The Morgan fingerprint density at radius 1 is 0.533 bits per heavy atom. The summed E-state index contributed by atoms with van der Waals surface area (Å²) in [5, 5.41) is 0. The summed E-state index contributed by atoms with van der Waals surface area (Å²) >= 11 is 0. The number of hydrogen-bond donors (Lipinski definition) is 1. The smallest absolute Gasteiger partial charge is 0.462 e. The maximum absolute atomic E-state index is 12.7. The van der Waals surface area contributed by atoms with E-state index in [2.05, 4.69) is 86.8 Å². The quantitative estimate of drug-likeness (QED) is 0.0213. The molecule has 0 spiro atoms. The van der Waals surface area contributed by atoms with Gasteiger partial charge in [0.2, 0.25) is 0 Å². The molecule has 0 aliphatic rings. The Labute approximate surface area is 367 Å². The fourth-order valence-corrected chi connectivity index (χ4v) is 6.54. The molecular formula is C50H87NO8P+. The molecule has 0 rings (SSSR count). The number of allylic oxidation sites excluding steroid dienone is 14. The van der Waals surface area contributed by atoms with Gasteiger partial charge in [-0.1, -0.05) is 163 Å². The van der Waals surface area contributed by atoms with E-state index in [1.54, 1.807) is 0 Å². The SMILES string of the molecule is CC/C=C/C/C=C/C/C=C/C/C=C/C/C=C/C/C=C/CCC(=O)O[C@H](COC(=O)CCCCCCCCCCC/C=C/CCCCCC)COP(=O)(O)OCC[N+](C)(C)C. The number of likely N-dealkylation sites (N-methyl/N-ethyl adjacent to an activating group) is 1. The van der Waals surface area contributed by atoms with E-state index in [1.807, 2.05) is 33.3 Å². The van der Waals surface area contributed by atoms with E-state index in [4.69, 9.17) is 18.5 Å². The fourth-order valence-electron chi connectivity index (χ4n) is 5.80. The minimum Gasteiger partial charge on any atom is -0.462 e. The van der Waals surface area contributed by atoms with Crippen LogP contribution in [0.2, 0.25) is 0 Å². The Morgan fingerprint density at radius 2 is 0.983 bits per heavy atom. The summed E-state index contributed by atoms with van der Waals surface area (Å²) in [4.78, 5) is 35.4. The van der Waals surface area contributed by atoms with Crippen molar-refractivity contribution in [3.8, 4) is 0 Å². The lowest BCUT2D eigenvalue weighted by molar-refractivity contribution is -0.870. The average Bonchev–Trinajstić information content (AvgIpc) is 3.20. The van der Waals surface area contributed by atoms with Crippen molar-refractivity contribution < 1.29 is 42.1 Å². The maximum atomic E-state index is 12.7. The van der Waals surface area contributed by atoms with Gasteiger partial charge in [-0.3, -0.25) is 18.6 Å². The first-order chi connectivity index (χ1) is 29.0. The lowest BCUT2D eigenvalue weighted by Crippen LogP contribution is -2.37. The van der Waals surface area contributed by atoms with Crippen molar-refractivity contribution in [2.24, 2.45) is 0 Å². The minimum absolute atomic E-state index is 0.0137. The largest absolute Gasteiger partial charge is 0.472 e. The molecule has 0 aliphatic carbocycles. The van der Waals surface area contributed by atoms with Gasteiger partial charge in [0, 0.05) is 12.8 Å². The molecule has 60 heavy (non-hydrogen) atoms. The number of hydrogen-bond acceptors (Lipinski definition) is 7. The van der Waals surface area contributed by atoms with Gasteiger partial charge in [-0.05, 0) is 77.0 Å². The van der Waals surface area contributed by atoms with Gasteiger partial charge in [0.25, 0.3) is 0 Å². The standard InChI is InChI=1S/C50H86NO8P/c1-6-8-10-12-14-16-18-20-22-24-25-27-29-31-33-35-37-39-41-43-50(53)59-48(47-58-60(54,55)57-45-44-51(3,4)5)46-56-49(52)42-40-38-36-34-32-30-28-26-23-21-19-17-15-13-11-9-7-2/h8,10,14,16-17,19-20,22,25,27,31,33,37,39,48H,6-7,9,11-13,15,18,21,23-24,26,28-30,32,34-36,38,40-47H2,1-5H3/p+1/b10-8+,16-14+,19-17+,22-20+,27-25+,33-31+,39-37+/t48-/m1/s1. The summed E-state index contributed by atoms with van der Waals surface area (Å²) in [6, 6.07) is 0. The van der Waals surface area contributed by atoms with Crippen molar-refractivity contribution in [3.05, 3.63) is 85.1 Å². The summed E-state index contributed by atoms with van der Waals surface area (Å²) in [5.74, 6) is -0.904. The summed E-state index contributed by atoms with van der Waals surface area (Å²) in [6.45, 7) is 4.20. The molecule has 9 nitrogen and oxygen atoms in total. The number of phosphoric ester groups is 1. The number of unbranched alkanes of at least 4 members (excludes halogenated alkanes) is 13. The summed E-state index contributed by atoms with van der Waals surface area (Å²) in [6.07, 6.45) is 53.6. The Bertz CT molecular complexity index is 1290. The highest BCUT2D eigenvalue weighted by Gasteiger charge is 2.27. The van der Waals surface area contributed by atoms with Crippen LogP contribution in [0.15, 0.2) is 85.1 Å². The van der Waals surface area contributed by atoms with Crippen LogP contribution in [0, 0.1) is 0 Å². The van der Waals surface area contributed by atoms with Crippen molar-refractivity contribution in [2.75, 3.05) is 47.5 Å². The second kappa shape index (κ2) is 41.5. The lowest BCUT2D eigenvalue weighted by atomic mass is 10.1. The van der Waals surface area contributed by atoms with Crippen molar-refractivity contribution in [3.63, 3.8) is 0 Å². The van der Waals surface area contributed by atoms with E-state index >= 15 is 0 Å². The fraction of sp³-hybridized carbons (Fsp3) is 0.680. The first kappa shape index (κ1) is 57.2. The molecule has 1 N–H and O–H groups in total. The second-order valence-electron chi connectivity index (χ2n) is 16.4. The van der Waals surface area contributed by atoms with Crippen LogP contribution in [0.1, 0.15) is 168 Å². The third-order valence-electron chi connectivity index (χ3n) is 9.42. The van der Waals surface area contributed by atoms with Crippen LogP contribution < -0.4 is 0 Å². The van der Waals surface area contributed by atoms with Crippen molar-refractivity contribution >= 4 is 19.8 Å². The normalized spacial score (nSPS) is 14.3.